The van der Waals surface area contributed by atoms with E-state index in [0.29, 0.717) is 5.88 Å². The second kappa shape index (κ2) is 12.9. The van der Waals surface area contributed by atoms with E-state index in [4.69, 9.17) is 46.4 Å². The zero-order valence-corrected chi connectivity index (χ0v) is 25.9. The first-order chi connectivity index (χ1) is 12.7. The van der Waals surface area contributed by atoms with Crippen LogP contribution in [0.2, 0.25) is 0 Å². The summed E-state index contributed by atoms with van der Waals surface area (Å²) < 4.78 is -1.42. The van der Waals surface area contributed by atoms with Crippen LogP contribution in [0.3, 0.4) is 0 Å². The fraction of sp³-hybridized carbons (Fsp3) is 0.500. The molecular formula is C24H32Cl4Ru2. The van der Waals surface area contributed by atoms with E-state index in [0.717, 1.165) is 27.8 Å². The van der Waals surface area contributed by atoms with Crippen LogP contribution in [0.25, 0.3) is 0 Å². The van der Waals surface area contributed by atoms with Gasteiger partial charge in [0.1, 0.15) is 0 Å². The van der Waals surface area contributed by atoms with E-state index < -0.39 is 3.79 Å². The van der Waals surface area contributed by atoms with E-state index in [9.17, 15) is 0 Å². The van der Waals surface area contributed by atoms with Gasteiger partial charge in [-0.15, -0.1) is 11.6 Å². The van der Waals surface area contributed by atoms with Gasteiger partial charge in [0.05, 0.1) is 0 Å². The number of halogens is 4. The Labute approximate surface area is 229 Å². The summed E-state index contributed by atoms with van der Waals surface area (Å²) in [7, 11) is 0. The van der Waals surface area contributed by atoms with Gasteiger partial charge in [-0.1, -0.05) is 34.8 Å². The molecule has 0 aliphatic carbocycles. The van der Waals surface area contributed by atoms with Gasteiger partial charge in [0.2, 0.25) is 3.79 Å². The molecule has 0 fully saturated rings. The molecule has 0 radical (unpaired) electrons. The van der Waals surface area contributed by atoms with Gasteiger partial charge in [-0.3, -0.25) is 0 Å². The molecule has 0 heterocycles. The molecule has 30 heavy (non-hydrogen) atoms. The van der Waals surface area contributed by atoms with E-state index in [-0.39, 0.29) is 39.0 Å². The molecule has 0 aliphatic heterocycles. The average molecular weight is 664 g/mol. The second-order valence-electron chi connectivity index (χ2n) is 7.73. The molecule has 2 aromatic carbocycles. The van der Waals surface area contributed by atoms with Crippen molar-refractivity contribution < 1.29 is 39.0 Å². The maximum atomic E-state index is 6.02. The maximum Gasteiger partial charge on any atom is 0.216 e. The minimum absolute atomic E-state index is 0. The zero-order valence-electron chi connectivity index (χ0n) is 19.4. The molecule has 172 valence electrons. The van der Waals surface area contributed by atoms with Crippen molar-refractivity contribution in [2.24, 2.45) is 0 Å². The first-order valence-corrected chi connectivity index (χ1v) is 11.1. The summed E-state index contributed by atoms with van der Waals surface area (Å²) in [5.41, 5.74) is 14.9. The summed E-state index contributed by atoms with van der Waals surface area (Å²) in [4.78, 5) is 0. The van der Waals surface area contributed by atoms with Gasteiger partial charge in [0, 0.05) is 50.4 Å². The van der Waals surface area contributed by atoms with Crippen molar-refractivity contribution >= 4 is 46.4 Å². The number of rotatable bonds is 1. The van der Waals surface area contributed by atoms with Gasteiger partial charge in [0.25, 0.3) is 0 Å². The molecule has 0 aliphatic rings. The third-order valence-electron chi connectivity index (χ3n) is 6.61. The topological polar surface area (TPSA) is 0 Å². The minimum atomic E-state index is -1.42. The number of hydrogen-bond donors (Lipinski definition) is 0. The standard InChI is InChI=1S/C12H14Cl4.C12H18.2Ru/c1-6-7(2)9(4)11(12(14,15)16)10(5-13)8(6)3;1-7-8(2)10(4)12(6)11(5)9(7)3;;/h5H2,1-4H3;1-6H3;;. The van der Waals surface area contributed by atoms with E-state index in [1.54, 1.807) is 0 Å². The quantitative estimate of drug-likeness (QED) is 0.211. The van der Waals surface area contributed by atoms with Crippen LogP contribution in [0, 0.1) is 69.2 Å². The Balaban J connectivity index is 0. The van der Waals surface area contributed by atoms with Crippen LogP contribution in [0.4, 0.5) is 0 Å². The third-order valence-corrected chi connectivity index (χ3v) is 7.44. The largest absolute Gasteiger partial charge is 0.216 e. The Morgan fingerprint density at radius 2 is 0.700 bits per heavy atom. The molecule has 0 aromatic heterocycles. The van der Waals surface area contributed by atoms with Crippen molar-refractivity contribution in [1.82, 2.24) is 0 Å². The van der Waals surface area contributed by atoms with Crippen molar-refractivity contribution in [3.63, 3.8) is 0 Å². The van der Waals surface area contributed by atoms with Crippen LogP contribution >= 0.6 is 46.4 Å². The van der Waals surface area contributed by atoms with Crippen LogP contribution < -0.4 is 0 Å². The maximum absolute atomic E-state index is 6.02. The monoisotopic (exact) mass is 664 g/mol. The Morgan fingerprint density at radius 1 is 0.467 bits per heavy atom. The molecule has 2 rings (SSSR count). The molecule has 0 unspecified atom stereocenters. The Morgan fingerprint density at radius 3 is 0.933 bits per heavy atom. The molecule has 0 N–H and O–H groups in total. The molecule has 0 atom stereocenters. The zero-order chi connectivity index (χ0) is 22.1. The predicted octanol–water partition coefficient (Wildman–Crippen LogP) is 9.02. The van der Waals surface area contributed by atoms with E-state index in [2.05, 4.69) is 48.5 Å². The fourth-order valence-electron chi connectivity index (χ4n) is 3.63. The van der Waals surface area contributed by atoms with Gasteiger partial charge >= 0.3 is 0 Å². The Bertz CT molecular complexity index is 793. The van der Waals surface area contributed by atoms with Crippen LogP contribution in [-0.4, -0.2) is 0 Å². The first kappa shape index (κ1) is 33.0. The van der Waals surface area contributed by atoms with Crippen molar-refractivity contribution in [2.75, 3.05) is 0 Å². The van der Waals surface area contributed by atoms with Gasteiger partial charge in [-0.25, -0.2) is 0 Å². The molecule has 2 aromatic rings. The Hall–Kier alpha value is 0.847. The summed E-state index contributed by atoms with van der Waals surface area (Å²) in [5.74, 6) is 0.358. The minimum Gasteiger partial charge on any atom is -0.122 e. The molecular weight excluding hydrogens is 632 g/mol. The normalized spacial score (nSPS) is 10.6. The van der Waals surface area contributed by atoms with E-state index in [1.165, 1.54) is 38.9 Å². The number of hydrogen-bond acceptors (Lipinski definition) is 0. The molecule has 0 nitrogen and oxygen atoms in total. The summed E-state index contributed by atoms with van der Waals surface area (Å²) in [6, 6.07) is 0. The van der Waals surface area contributed by atoms with Crippen molar-refractivity contribution in [2.45, 2.75) is 78.9 Å². The van der Waals surface area contributed by atoms with Gasteiger partial charge < -0.3 is 0 Å². The van der Waals surface area contributed by atoms with Crippen molar-refractivity contribution in [3.8, 4) is 0 Å². The molecule has 0 saturated heterocycles. The van der Waals surface area contributed by atoms with Crippen LogP contribution in [0.1, 0.15) is 66.8 Å². The SMILES string of the molecule is Cc1c(C)c(C)c(C(Cl)(Cl)Cl)c(CCl)c1C.Cc1c(C)c(C)c(C)c(C)c1C.[Ru].[Ru]. The van der Waals surface area contributed by atoms with Gasteiger partial charge in [-0.05, 0) is 130 Å². The predicted molar refractivity (Wildman–Crippen MR) is 129 cm³/mol. The number of benzene rings is 2. The smallest absolute Gasteiger partial charge is 0.122 e. The fourth-order valence-corrected chi connectivity index (χ4v) is 4.73. The average Bonchev–Trinajstić information content (AvgIpc) is 2.63. The summed E-state index contributed by atoms with van der Waals surface area (Å²) in [6.45, 7) is 21.4. The number of alkyl halides is 4. The van der Waals surface area contributed by atoms with Crippen molar-refractivity contribution in [1.29, 1.82) is 0 Å². The van der Waals surface area contributed by atoms with Crippen LogP contribution in [-0.2, 0) is 48.6 Å². The van der Waals surface area contributed by atoms with Gasteiger partial charge in [-0.2, -0.15) is 0 Å². The molecule has 0 bridgehead atoms. The Kier molecular flexibility index (Phi) is 14.2. The first-order valence-electron chi connectivity index (χ1n) is 9.44. The second-order valence-corrected chi connectivity index (χ2v) is 10.3. The third kappa shape index (κ3) is 6.92. The van der Waals surface area contributed by atoms with E-state index >= 15 is 0 Å². The van der Waals surface area contributed by atoms with Crippen LogP contribution in [0.15, 0.2) is 0 Å². The summed E-state index contributed by atoms with van der Waals surface area (Å²) in [6.07, 6.45) is 0. The summed E-state index contributed by atoms with van der Waals surface area (Å²) >= 11 is 24.0. The molecule has 0 amide bonds. The van der Waals surface area contributed by atoms with E-state index in [1.807, 2.05) is 20.8 Å². The molecule has 0 spiro atoms. The van der Waals surface area contributed by atoms with Crippen molar-refractivity contribution in [3.05, 3.63) is 66.8 Å². The summed E-state index contributed by atoms with van der Waals surface area (Å²) in [5, 5.41) is 0. The van der Waals surface area contributed by atoms with Crippen LogP contribution in [0.5, 0.6) is 0 Å². The van der Waals surface area contributed by atoms with Gasteiger partial charge in [0.15, 0.2) is 0 Å². The molecule has 6 heteroatoms. The molecule has 0 saturated carbocycles.